The topological polar surface area (TPSA) is 247 Å². The summed E-state index contributed by atoms with van der Waals surface area (Å²) in [4.78, 5) is 51.7. The fourth-order valence-corrected chi connectivity index (χ4v) is 8.67. The van der Waals surface area contributed by atoms with Gasteiger partial charge in [0.15, 0.2) is 23.6 Å². The number of nitrogens with zero attached hydrogens (tertiary/aromatic N) is 5. The maximum absolute atomic E-state index is 13.7. The van der Waals surface area contributed by atoms with E-state index in [4.69, 9.17) is 49.8 Å². The van der Waals surface area contributed by atoms with Gasteiger partial charge >= 0.3 is 13.5 Å². The maximum Gasteiger partial charge on any atom is 0.386 e. The molecule has 3 fully saturated rings. The lowest BCUT2D eigenvalue weighted by molar-refractivity contribution is -0.0605. The molecule has 0 saturated carbocycles. The number of rotatable bonds is 3. The van der Waals surface area contributed by atoms with E-state index in [-0.39, 0.29) is 22.5 Å². The molecule has 23 heteroatoms. The molecule has 252 valence electrons. The first kappa shape index (κ1) is 32.9. The molecule has 0 spiro atoms. The molecule has 3 aliphatic heterocycles. The highest BCUT2D eigenvalue weighted by Gasteiger charge is 2.53. The largest absolute Gasteiger partial charge is 0.386 e. The quantitative estimate of drug-likeness (QED) is 0.141. The Bertz CT molecular complexity index is 2060. The molecule has 5 N–H and O–H groups in total. The average Bonchev–Trinajstić information content (AvgIpc) is 3.68. The Morgan fingerprint density at radius 2 is 1.79 bits per heavy atom. The molecule has 6 heterocycles. The number of aromatic amines is 1. The van der Waals surface area contributed by atoms with E-state index in [9.17, 15) is 24.2 Å². The summed E-state index contributed by atoms with van der Waals surface area (Å²) in [6.45, 7) is -9.53. The third-order valence-electron chi connectivity index (χ3n) is 7.87. The molecule has 4 aromatic rings. The number of fused-ring (bicyclic) bond motifs is 5. The van der Waals surface area contributed by atoms with E-state index in [0.717, 1.165) is 4.57 Å². The number of hydrogen-bond donors (Lipinski definition) is 5. The molecule has 19 nitrogen and oxygen atoms in total. The van der Waals surface area contributed by atoms with Crippen LogP contribution in [-0.4, -0.2) is 96.0 Å². The van der Waals surface area contributed by atoms with Crippen molar-refractivity contribution >= 4 is 65.6 Å². The molecule has 3 aromatic heterocycles. The van der Waals surface area contributed by atoms with E-state index in [1.54, 1.807) is 24.3 Å². The van der Waals surface area contributed by atoms with Crippen LogP contribution in [0, 0.1) is 0 Å². The summed E-state index contributed by atoms with van der Waals surface area (Å²) in [6, 6.07) is 6.60. The fourth-order valence-electron chi connectivity index (χ4n) is 5.77. The van der Waals surface area contributed by atoms with Gasteiger partial charge in [-0.3, -0.25) is 37.3 Å². The summed E-state index contributed by atoms with van der Waals surface area (Å²) in [5.74, 6) is -0.195. The second kappa shape index (κ2) is 12.4. The van der Waals surface area contributed by atoms with Gasteiger partial charge < -0.3 is 34.5 Å². The van der Waals surface area contributed by atoms with Gasteiger partial charge in [0.2, 0.25) is 5.95 Å². The summed E-state index contributed by atoms with van der Waals surface area (Å²) < 4.78 is 56.7. The minimum atomic E-state index is -4.33. The molecule has 0 amide bonds. The van der Waals surface area contributed by atoms with Crippen LogP contribution in [0.25, 0.3) is 22.1 Å². The number of anilines is 1. The molecule has 10 atom stereocenters. The number of H-pyrrole nitrogens is 1. The van der Waals surface area contributed by atoms with Crippen molar-refractivity contribution in [3.8, 4) is 0 Å². The zero-order valence-corrected chi connectivity index (χ0v) is 27.5. The Kier molecular flexibility index (Phi) is 8.66. The first-order valence-corrected chi connectivity index (χ1v) is 19.2. The number of aliphatic hydroxyl groups excluding tert-OH is 1. The highest BCUT2D eigenvalue weighted by molar-refractivity contribution is 8.44. The smallest absolute Gasteiger partial charge is 0.386 e. The fraction of sp³-hybridized carbons (Fsp3) is 0.458. The van der Waals surface area contributed by atoms with Gasteiger partial charge in [-0.1, -0.05) is 24.4 Å². The van der Waals surface area contributed by atoms with Crippen LogP contribution in [0.4, 0.5) is 5.95 Å². The van der Waals surface area contributed by atoms with Crippen LogP contribution in [0.1, 0.15) is 12.5 Å². The first-order chi connectivity index (χ1) is 22.4. The van der Waals surface area contributed by atoms with Crippen LogP contribution in [0.5, 0.6) is 0 Å². The van der Waals surface area contributed by atoms with Crippen molar-refractivity contribution in [2.45, 2.75) is 49.1 Å². The van der Waals surface area contributed by atoms with Gasteiger partial charge in [0.05, 0.1) is 30.4 Å². The number of para-hydroxylation sites is 1. The second-order valence-corrected chi connectivity index (χ2v) is 16.4. The first-order valence-electron chi connectivity index (χ1n) is 13.9. The molecule has 47 heavy (non-hydrogen) atoms. The number of ether oxygens (including phenoxy) is 3. The van der Waals surface area contributed by atoms with Gasteiger partial charge in [0.1, 0.15) is 43.0 Å². The van der Waals surface area contributed by atoms with Gasteiger partial charge in [0.25, 0.3) is 11.1 Å². The molecule has 1 aromatic carbocycles. The average molecular weight is 732 g/mol. The summed E-state index contributed by atoms with van der Waals surface area (Å²) >= 11 is 9.44. The number of nitrogen functional groups attached to an aromatic ring is 1. The Balaban J connectivity index is 1.22. The predicted molar refractivity (Wildman–Crippen MR) is 168 cm³/mol. The van der Waals surface area contributed by atoms with Gasteiger partial charge in [-0.05, 0) is 23.9 Å². The van der Waals surface area contributed by atoms with Crippen molar-refractivity contribution < 1.29 is 46.9 Å². The summed E-state index contributed by atoms with van der Waals surface area (Å²) in [5.41, 5.74) is 5.01. The Hall–Kier alpha value is -2.62. The zero-order valence-electron chi connectivity index (χ0n) is 24.0. The van der Waals surface area contributed by atoms with Crippen LogP contribution in [0.3, 0.4) is 0 Å². The van der Waals surface area contributed by atoms with Crippen molar-refractivity contribution in [1.29, 1.82) is 0 Å². The van der Waals surface area contributed by atoms with E-state index in [2.05, 4.69) is 32.2 Å². The van der Waals surface area contributed by atoms with Crippen LogP contribution < -0.4 is 16.9 Å². The van der Waals surface area contributed by atoms with E-state index >= 15 is 0 Å². The molecule has 0 radical (unpaired) electrons. The van der Waals surface area contributed by atoms with Crippen LogP contribution >= 0.6 is 25.8 Å². The highest BCUT2D eigenvalue weighted by atomic mass is 32.7. The third kappa shape index (κ3) is 6.10. The van der Waals surface area contributed by atoms with E-state index in [0.29, 0.717) is 5.52 Å². The standard InChI is InChI=1S/C24H27N7O12P2S2/c1-37-17-13-7-39-44(35,46)42-16-12(40-22(15(16)32)31-8-26-11-5-3-2-4-10(11)21(31)34)6-38-45(36,47)43-18(17)23(41-13)30-9-27-14-19(30)28-24(25)29-20(14)33/h2-5,8-9,12-13,15-18,22-23,32H,6-7H2,1H3,(H,35,46)(H,36,47)(H3,25,28,29,33)/t12-,13-,15-,16-,17-,18-,22-,23-,44?,45?/m1/s1. The van der Waals surface area contributed by atoms with Crippen molar-refractivity contribution in [3.05, 3.63) is 57.6 Å². The second-order valence-electron chi connectivity index (χ2n) is 10.7. The van der Waals surface area contributed by atoms with E-state index < -0.39 is 86.9 Å². The van der Waals surface area contributed by atoms with Gasteiger partial charge in [0, 0.05) is 7.11 Å². The predicted octanol–water partition coefficient (Wildman–Crippen LogP) is 0.354. The Morgan fingerprint density at radius 3 is 2.57 bits per heavy atom. The number of aliphatic hydroxyl groups is 1. The number of thiol groups is 1. The van der Waals surface area contributed by atoms with Gasteiger partial charge in [-0.2, -0.15) is 4.98 Å². The number of imidazole rings is 1. The number of nitrogens with two attached hydrogens (primary N) is 1. The lowest BCUT2D eigenvalue weighted by Crippen LogP contribution is -2.37. The summed E-state index contributed by atoms with van der Waals surface area (Å²) in [7, 11) is 1.33. The molecule has 2 bridgehead atoms. The SMILES string of the molecule is CO[C@H]1[C@H]2OP(=O)(S)OC[C@H]3O[C@@H](n4cnc5ccccc5c4=O)[C@H](O)[C@@H]3OP(O)(=S)OC[C@H]1O[C@H]2n1cnc2c(=O)[nH]c(N)nc21. The number of nitrogens with one attached hydrogen (secondary N) is 1. The molecule has 7 rings (SSSR count). The molecule has 0 aliphatic carbocycles. The van der Waals surface area contributed by atoms with Crippen molar-refractivity contribution in [2.24, 2.45) is 0 Å². The van der Waals surface area contributed by atoms with Crippen LogP contribution in [-0.2, 0) is 48.7 Å². The molecular weight excluding hydrogens is 704 g/mol. The molecule has 2 unspecified atom stereocenters. The lowest BCUT2D eigenvalue weighted by Gasteiger charge is -2.27. The van der Waals surface area contributed by atoms with E-state index in [1.165, 1.54) is 24.3 Å². The Labute approximate surface area is 273 Å². The monoisotopic (exact) mass is 731 g/mol. The minimum absolute atomic E-state index is 0.0218. The number of methoxy groups -OCH3 is 1. The van der Waals surface area contributed by atoms with Gasteiger partial charge in [-0.15, -0.1) is 0 Å². The third-order valence-corrected chi connectivity index (χ3v) is 11.0. The minimum Gasteiger partial charge on any atom is -0.386 e. The molecule has 3 saturated heterocycles. The summed E-state index contributed by atoms with van der Waals surface area (Å²) in [5, 5.41) is 11.6. The van der Waals surface area contributed by atoms with Gasteiger partial charge in [-0.25, -0.2) is 14.5 Å². The number of aromatic nitrogens is 6. The normalized spacial score (nSPS) is 36.5. The molecule has 3 aliphatic rings. The zero-order chi connectivity index (χ0) is 33.2. The van der Waals surface area contributed by atoms with Crippen LogP contribution in [0.15, 0.2) is 46.5 Å². The lowest BCUT2D eigenvalue weighted by atomic mass is 10.1. The summed E-state index contributed by atoms with van der Waals surface area (Å²) in [6.07, 6.45) is -7.76. The highest BCUT2D eigenvalue weighted by Crippen LogP contribution is 2.58. The van der Waals surface area contributed by atoms with Crippen molar-refractivity contribution in [1.82, 2.24) is 29.1 Å². The molecular formula is C24H27N7O12P2S2. The van der Waals surface area contributed by atoms with E-state index in [1.807, 2.05) is 0 Å². The van der Waals surface area contributed by atoms with Crippen molar-refractivity contribution in [3.63, 3.8) is 0 Å². The van der Waals surface area contributed by atoms with Crippen LogP contribution in [0.2, 0.25) is 0 Å². The Morgan fingerprint density at radius 1 is 1.06 bits per heavy atom. The number of benzene rings is 1. The maximum atomic E-state index is 13.7. The van der Waals surface area contributed by atoms with Crippen molar-refractivity contribution in [2.75, 3.05) is 26.1 Å². The number of hydrogen-bond acceptors (Lipinski definition) is 16.